The van der Waals surface area contributed by atoms with Crippen LogP contribution in [0.2, 0.25) is 0 Å². The van der Waals surface area contributed by atoms with Gasteiger partial charge >= 0.3 is 0 Å². The molecule has 3 N–H and O–H groups in total. The number of pyridine rings is 1. The lowest BCUT2D eigenvalue weighted by Gasteiger charge is -2.27. The molecular weight excluding hydrogens is 288 g/mol. The number of rotatable bonds is 6. The fourth-order valence-corrected chi connectivity index (χ4v) is 3.53. The summed E-state index contributed by atoms with van der Waals surface area (Å²) in [6.07, 6.45) is 6.47. The van der Waals surface area contributed by atoms with E-state index in [0.717, 1.165) is 60.9 Å². The number of aliphatic hydroxyl groups is 2. The predicted molar refractivity (Wildman–Crippen MR) is 93.4 cm³/mol. The van der Waals surface area contributed by atoms with E-state index in [2.05, 4.69) is 10.3 Å². The van der Waals surface area contributed by atoms with E-state index in [4.69, 9.17) is 0 Å². The van der Waals surface area contributed by atoms with Gasteiger partial charge in [-0.15, -0.1) is 0 Å². The molecule has 1 saturated carbocycles. The van der Waals surface area contributed by atoms with Gasteiger partial charge in [-0.1, -0.05) is 31.0 Å². The van der Waals surface area contributed by atoms with Crippen molar-refractivity contribution in [2.24, 2.45) is 5.92 Å². The maximum atomic E-state index is 10.0. The van der Waals surface area contributed by atoms with Gasteiger partial charge in [-0.05, 0) is 43.7 Å². The van der Waals surface area contributed by atoms with E-state index in [-0.39, 0.29) is 12.7 Å². The lowest BCUT2D eigenvalue weighted by molar-refractivity contribution is 0.0648. The molecule has 4 nitrogen and oxygen atoms in total. The van der Waals surface area contributed by atoms with Gasteiger partial charge in [0.25, 0.3) is 0 Å². The number of hydrogen-bond donors (Lipinski definition) is 3. The van der Waals surface area contributed by atoms with Gasteiger partial charge in [0.05, 0.1) is 18.2 Å². The normalized spacial score (nSPS) is 21.5. The Morgan fingerprint density at radius 3 is 2.83 bits per heavy atom. The average molecular weight is 314 g/mol. The van der Waals surface area contributed by atoms with Gasteiger partial charge in [0.15, 0.2) is 0 Å². The van der Waals surface area contributed by atoms with E-state index in [0.29, 0.717) is 5.92 Å². The first-order valence-corrected chi connectivity index (χ1v) is 8.69. The van der Waals surface area contributed by atoms with E-state index in [1.165, 1.54) is 6.42 Å². The lowest BCUT2D eigenvalue weighted by atomic mass is 9.83. The van der Waals surface area contributed by atoms with Crippen LogP contribution < -0.4 is 5.32 Å². The SMILES string of the molecule is OCc1cc2ccccc2nc1NCCCC1CCCCC1O. The molecule has 124 valence electrons. The Morgan fingerprint density at radius 2 is 2.00 bits per heavy atom. The Morgan fingerprint density at radius 1 is 1.17 bits per heavy atom. The Labute approximate surface area is 137 Å². The maximum Gasteiger partial charge on any atom is 0.132 e. The van der Waals surface area contributed by atoms with Crippen LogP contribution in [0.5, 0.6) is 0 Å². The minimum atomic E-state index is -0.115. The van der Waals surface area contributed by atoms with E-state index in [9.17, 15) is 10.2 Å². The largest absolute Gasteiger partial charge is 0.393 e. The van der Waals surface area contributed by atoms with Crippen molar-refractivity contribution in [3.8, 4) is 0 Å². The van der Waals surface area contributed by atoms with Crippen LogP contribution in [0.15, 0.2) is 30.3 Å². The predicted octanol–water partition coefficient (Wildman–Crippen LogP) is 3.47. The van der Waals surface area contributed by atoms with E-state index >= 15 is 0 Å². The Bertz CT molecular complexity index is 644. The molecule has 3 rings (SSSR count). The molecule has 2 unspecified atom stereocenters. The summed E-state index contributed by atoms with van der Waals surface area (Å²) in [6, 6.07) is 9.95. The summed E-state index contributed by atoms with van der Waals surface area (Å²) in [4.78, 5) is 4.62. The molecule has 1 aliphatic carbocycles. The second kappa shape index (κ2) is 7.75. The molecule has 2 atom stereocenters. The highest BCUT2D eigenvalue weighted by Gasteiger charge is 2.22. The number of nitrogens with one attached hydrogen (secondary N) is 1. The molecule has 0 bridgehead atoms. The molecule has 4 heteroatoms. The fourth-order valence-electron chi connectivity index (χ4n) is 3.53. The van der Waals surface area contributed by atoms with Crippen LogP contribution in [-0.2, 0) is 6.61 Å². The number of aromatic nitrogens is 1. The van der Waals surface area contributed by atoms with E-state index < -0.39 is 0 Å². The van der Waals surface area contributed by atoms with Crippen LogP contribution in [-0.4, -0.2) is 27.8 Å². The van der Waals surface area contributed by atoms with Crippen LogP contribution in [0.1, 0.15) is 44.1 Å². The van der Waals surface area contributed by atoms with Gasteiger partial charge in [0.2, 0.25) is 0 Å². The van der Waals surface area contributed by atoms with Crippen LogP contribution in [0.25, 0.3) is 10.9 Å². The van der Waals surface area contributed by atoms with E-state index in [1.54, 1.807) is 0 Å². The third-order valence-electron chi connectivity index (χ3n) is 4.89. The summed E-state index contributed by atoms with van der Waals surface area (Å²) >= 11 is 0. The molecule has 1 aliphatic rings. The Balaban J connectivity index is 1.58. The summed E-state index contributed by atoms with van der Waals surface area (Å²) in [5, 5.41) is 24.0. The molecule has 1 aromatic carbocycles. The molecule has 0 saturated heterocycles. The molecule has 2 aromatic rings. The smallest absolute Gasteiger partial charge is 0.132 e. The van der Waals surface area contributed by atoms with Crippen molar-refractivity contribution in [1.29, 1.82) is 0 Å². The van der Waals surface area contributed by atoms with Gasteiger partial charge in [0, 0.05) is 17.5 Å². The number of nitrogens with zero attached hydrogens (tertiary/aromatic N) is 1. The van der Waals surface area contributed by atoms with Gasteiger partial charge in [-0.25, -0.2) is 4.98 Å². The molecule has 0 spiro atoms. The minimum Gasteiger partial charge on any atom is -0.393 e. The van der Waals surface area contributed by atoms with Crippen molar-refractivity contribution in [2.75, 3.05) is 11.9 Å². The summed E-state index contributed by atoms with van der Waals surface area (Å²) < 4.78 is 0. The standard InChI is InChI=1S/C19H26N2O2/c22-13-16-12-15-7-1-3-9-17(15)21-19(16)20-11-5-8-14-6-2-4-10-18(14)23/h1,3,7,9,12,14,18,22-23H,2,4-6,8,10-11,13H2,(H,20,21). The summed E-state index contributed by atoms with van der Waals surface area (Å²) in [7, 11) is 0. The zero-order chi connectivity index (χ0) is 16.1. The first-order valence-electron chi connectivity index (χ1n) is 8.69. The first kappa shape index (κ1) is 16.2. The summed E-state index contributed by atoms with van der Waals surface area (Å²) in [6.45, 7) is 0.809. The van der Waals surface area contributed by atoms with Crippen LogP contribution >= 0.6 is 0 Å². The van der Waals surface area contributed by atoms with Crippen LogP contribution in [0.4, 0.5) is 5.82 Å². The van der Waals surface area contributed by atoms with Crippen LogP contribution in [0, 0.1) is 5.92 Å². The monoisotopic (exact) mass is 314 g/mol. The summed E-state index contributed by atoms with van der Waals surface area (Å²) in [5.41, 5.74) is 1.77. The van der Waals surface area contributed by atoms with Gasteiger partial charge in [0.1, 0.15) is 5.82 Å². The number of hydrogen-bond acceptors (Lipinski definition) is 4. The fraction of sp³-hybridized carbons (Fsp3) is 0.526. The topological polar surface area (TPSA) is 65.4 Å². The van der Waals surface area contributed by atoms with Crippen molar-refractivity contribution >= 4 is 16.7 Å². The highest BCUT2D eigenvalue weighted by molar-refractivity contribution is 5.81. The van der Waals surface area contributed by atoms with Gasteiger partial charge in [-0.2, -0.15) is 0 Å². The third-order valence-corrected chi connectivity index (χ3v) is 4.89. The molecule has 1 heterocycles. The number of benzene rings is 1. The number of aliphatic hydroxyl groups excluding tert-OH is 2. The maximum absolute atomic E-state index is 10.0. The van der Waals surface area contributed by atoms with Gasteiger partial charge in [-0.3, -0.25) is 0 Å². The highest BCUT2D eigenvalue weighted by Crippen LogP contribution is 2.28. The molecular formula is C19H26N2O2. The van der Waals surface area contributed by atoms with E-state index in [1.807, 2.05) is 30.3 Å². The van der Waals surface area contributed by atoms with Gasteiger partial charge < -0.3 is 15.5 Å². The molecule has 0 amide bonds. The molecule has 0 radical (unpaired) electrons. The highest BCUT2D eigenvalue weighted by atomic mass is 16.3. The third kappa shape index (κ3) is 4.01. The molecule has 1 aromatic heterocycles. The van der Waals surface area contributed by atoms with Crippen molar-refractivity contribution in [2.45, 2.75) is 51.2 Å². The first-order chi connectivity index (χ1) is 11.3. The Hall–Kier alpha value is -1.65. The second-order valence-electron chi connectivity index (χ2n) is 6.53. The van der Waals surface area contributed by atoms with Crippen molar-refractivity contribution in [3.63, 3.8) is 0 Å². The second-order valence-corrected chi connectivity index (χ2v) is 6.53. The van der Waals surface area contributed by atoms with Crippen molar-refractivity contribution in [1.82, 2.24) is 4.98 Å². The van der Waals surface area contributed by atoms with Crippen molar-refractivity contribution < 1.29 is 10.2 Å². The number of fused-ring (bicyclic) bond motifs is 1. The molecule has 23 heavy (non-hydrogen) atoms. The van der Waals surface area contributed by atoms with Crippen molar-refractivity contribution in [3.05, 3.63) is 35.9 Å². The Kier molecular flexibility index (Phi) is 5.47. The molecule has 1 fully saturated rings. The number of anilines is 1. The average Bonchev–Trinajstić information content (AvgIpc) is 2.59. The summed E-state index contributed by atoms with van der Waals surface area (Å²) in [5.74, 6) is 1.22. The number of para-hydroxylation sites is 1. The minimum absolute atomic E-state index is 0.0124. The zero-order valence-corrected chi connectivity index (χ0v) is 13.5. The quantitative estimate of drug-likeness (QED) is 0.714. The van der Waals surface area contributed by atoms with Crippen LogP contribution in [0.3, 0.4) is 0 Å². The molecule has 0 aliphatic heterocycles. The lowest BCUT2D eigenvalue weighted by Crippen LogP contribution is -2.24. The zero-order valence-electron chi connectivity index (χ0n) is 13.5.